The molecule has 1 aliphatic heterocycles. The highest BCUT2D eigenvalue weighted by molar-refractivity contribution is 5.75. The van der Waals surface area contributed by atoms with Gasteiger partial charge in [-0.1, -0.05) is 0 Å². The van der Waals surface area contributed by atoms with Crippen LogP contribution in [0.4, 0.5) is 5.82 Å². The number of anilines is 1. The molecule has 1 saturated heterocycles. The van der Waals surface area contributed by atoms with Gasteiger partial charge in [-0.15, -0.1) is 0 Å². The monoisotopic (exact) mass is 265 g/mol. The molecule has 0 aliphatic carbocycles. The van der Waals surface area contributed by atoms with E-state index in [9.17, 15) is 9.90 Å². The van der Waals surface area contributed by atoms with Crippen LogP contribution in [0.25, 0.3) is 0 Å². The predicted molar refractivity (Wildman–Crippen MR) is 70.4 cm³/mol. The van der Waals surface area contributed by atoms with Gasteiger partial charge in [0.25, 0.3) is 0 Å². The molecule has 0 aromatic carbocycles. The standard InChI is InChI=1S/C13H19N3O3/c1-3-19-11-7-10(14-9-15-11)16-6-4-5-13(2,8-16)12(17)18/h7,9H,3-6,8H2,1-2H3,(H,17,18). The van der Waals surface area contributed by atoms with Gasteiger partial charge in [-0.2, -0.15) is 0 Å². The molecule has 1 aromatic heterocycles. The predicted octanol–water partition coefficient (Wildman–Crippen LogP) is 1.57. The fourth-order valence-corrected chi connectivity index (χ4v) is 2.34. The Balaban J connectivity index is 2.17. The summed E-state index contributed by atoms with van der Waals surface area (Å²) in [6.07, 6.45) is 2.99. The average Bonchev–Trinajstić information content (AvgIpc) is 2.39. The van der Waals surface area contributed by atoms with Crippen LogP contribution >= 0.6 is 0 Å². The summed E-state index contributed by atoms with van der Waals surface area (Å²) in [7, 11) is 0. The van der Waals surface area contributed by atoms with E-state index in [4.69, 9.17) is 4.74 Å². The van der Waals surface area contributed by atoms with Crippen molar-refractivity contribution in [1.82, 2.24) is 9.97 Å². The van der Waals surface area contributed by atoms with Crippen LogP contribution in [0.15, 0.2) is 12.4 Å². The SMILES string of the molecule is CCOc1cc(N2CCCC(C)(C(=O)O)C2)ncn1. The van der Waals surface area contributed by atoms with Crippen LogP contribution in [0.1, 0.15) is 26.7 Å². The Morgan fingerprint density at radius 3 is 3.05 bits per heavy atom. The molecule has 104 valence electrons. The number of hydrogen-bond acceptors (Lipinski definition) is 5. The maximum Gasteiger partial charge on any atom is 0.311 e. The Labute approximate surface area is 112 Å². The number of aromatic nitrogens is 2. The molecule has 0 saturated carbocycles. The first kappa shape index (κ1) is 13.6. The molecule has 1 aromatic rings. The zero-order valence-corrected chi connectivity index (χ0v) is 11.3. The van der Waals surface area contributed by atoms with E-state index >= 15 is 0 Å². The first-order valence-electron chi connectivity index (χ1n) is 6.48. The molecule has 0 spiro atoms. The Bertz CT molecular complexity index is 466. The number of aliphatic carboxylic acids is 1. The van der Waals surface area contributed by atoms with Crippen LogP contribution in [0.2, 0.25) is 0 Å². The molecule has 2 heterocycles. The van der Waals surface area contributed by atoms with Gasteiger partial charge in [-0.3, -0.25) is 4.79 Å². The zero-order valence-electron chi connectivity index (χ0n) is 11.3. The lowest BCUT2D eigenvalue weighted by Crippen LogP contribution is -2.46. The Morgan fingerprint density at radius 2 is 2.37 bits per heavy atom. The van der Waals surface area contributed by atoms with Gasteiger partial charge in [0.1, 0.15) is 12.1 Å². The summed E-state index contributed by atoms with van der Waals surface area (Å²) in [5.41, 5.74) is -0.713. The second-order valence-electron chi connectivity index (χ2n) is 5.04. The third-order valence-electron chi connectivity index (χ3n) is 3.46. The van der Waals surface area contributed by atoms with Gasteiger partial charge >= 0.3 is 5.97 Å². The number of piperidine rings is 1. The van der Waals surface area contributed by atoms with Crippen molar-refractivity contribution in [1.29, 1.82) is 0 Å². The van der Waals surface area contributed by atoms with Crippen molar-refractivity contribution < 1.29 is 14.6 Å². The molecule has 0 radical (unpaired) electrons. The summed E-state index contributed by atoms with van der Waals surface area (Å²) in [5.74, 6) is 0.497. The second-order valence-corrected chi connectivity index (χ2v) is 5.04. The largest absolute Gasteiger partial charge is 0.481 e. The summed E-state index contributed by atoms with van der Waals surface area (Å²) < 4.78 is 5.34. The Kier molecular flexibility index (Phi) is 3.87. The number of hydrogen-bond donors (Lipinski definition) is 1. The lowest BCUT2D eigenvalue weighted by atomic mass is 9.82. The highest BCUT2D eigenvalue weighted by Gasteiger charge is 2.38. The molecule has 2 rings (SSSR count). The van der Waals surface area contributed by atoms with Crippen molar-refractivity contribution in [2.45, 2.75) is 26.7 Å². The van der Waals surface area contributed by atoms with Gasteiger partial charge in [0.2, 0.25) is 5.88 Å². The lowest BCUT2D eigenvalue weighted by molar-refractivity contribution is -0.148. The van der Waals surface area contributed by atoms with Gasteiger partial charge < -0.3 is 14.7 Å². The highest BCUT2D eigenvalue weighted by Crippen LogP contribution is 2.32. The number of nitrogens with zero attached hydrogens (tertiary/aromatic N) is 3. The van der Waals surface area contributed by atoms with E-state index in [1.165, 1.54) is 6.33 Å². The van der Waals surface area contributed by atoms with Crippen molar-refractivity contribution in [3.63, 3.8) is 0 Å². The fourth-order valence-electron chi connectivity index (χ4n) is 2.34. The van der Waals surface area contributed by atoms with E-state index in [1.54, 1.807) is 13.0 Å². The molecule has 1 fully saturated rings. The van der Waals surface area contributed by atoms with Gasteiger partial charge in [-0.05, 0) is 26.7 Å². The molecule has 6 heteroatoms. The van der Waals surface area contributed by atoms with Crippen molar-refractivity contribution in [2.75, 3.05) is 24.6 Å². The molecule has 6 nitrogen and oxygen atoms in total. The first-order chi connectivity index (χ1) is 9.05. The summed E-state index contributed by atoms with van der Waals surface area (Å²) >= 11 is 0. The molecule has 0 bridgehead atoms. The van der Waals surface area contributed by atoms with E-state index in [0.717, 1.165) is 18.8 Å². The number of carboxylic acids is 1. The number of ether oxygens (including phenoxy) is 1. The molecule has 1 atom stereocenters. The van der Waals surface area contributed by atoms with Gasteiger partial charge in [0, 0.05) is 19.2 Å². The minimum atomic E-state index is -0.753. The topological polar surface area (TPSA) is 75.5 Å². The molecular weight excluding hydrogens is 246 g/mol. The van der Waals surface area contributed by atoms with E-state index in [1.807, 2.05) is 11.8 Å². The van der Waals surface area contributed by atoms with E-state index in [2.05, 4.69) is 9.97 Å². The fraction of sp³-hybridized carbons (Fsp3) is 0.615. The minimum Gasteiger partial charge on any atom is -0.481 e. The summed E-state index contributed by atoms with van der Waals surface area (Å²) in [6.45, 7) is 5.50. The first-order valence-corrected chi connectivity index (χ1v) is 6.48. The molecule has 1 N–H and O–H groups in total. The maximum absolute atomic E-state index is 11.3. The molecule has 1 unspecified atom stereocenters. The third kappa shape index (κ3) is 2.94. The minimum absolute atomic E-state index is 0.463. The zero-order chi connectivity index (χ0) is 13.9. The quantitative estimate of drug-likeness (QED) is 0.890. The van der Waals surface area contributed by atoms with Crippen LogP contribution in [0.3, 0.4) is 0 Å². The normalized spacial score (nSPS) is 23.2. The lowest BCUT2D eigenvalue weighted by Gasteiger charge is -2.38. The van der Waals surface area contributed by atoms with Gasteiger partial charge in [-0.25, -0.2) is 9.97 Å². The average molecular weight is 265 g/mol. The van der Waals surface area contributed by atoms with Crippen molar-refractivity contribution in [3.05, 3.63) is 12.4 Å². The van der Waals surface area contributed by atoms with Crippen LogP contribution < -0.4 is 9.64 Å². The molecule has 19 heavy (non-hydrogen) atoms. The number of carbonyl (C=O) groups is 1. The van der Waals surface area contributed by atoms with Gasteiger partial charge in [0.15, 0.2) is 0 Å². The molecule has 1 aliphatic rings. The maximum atomic E-state index is 11.3. The third-order valence-corrected chi connectivity index (χ3v) is 3.46. The number of carboxylic acid groups (broad SMARTS) is 1. The van der Waals surface area contributed by atoms with E-state index in [0.29, 0.717) is 25.5 Å². The molecule has 0 amide bonds. The number of rotatable bonds is 4. The Morgan fingerprint density at radius 1 is 1.58 bits per heavy atom. The van der Waals surface area contributed by atoms with E-state index < -0.39 is 11.4 Å². The smallest absolute Gasteiger partial charge is 0.311 e. The van der Waals surface area contributed by atoms with Crippen molar-refractivity contribution >= 4 is 11.8 Å². The van der Waals surface area contributed by atoms with Crippen LogP contribution in [0.5, 0.6) is 5.88 Å². The highest BCUT2D eigenvalue weighted by atomic mass is 16.5. The van der Waals surface area contributed by atoms with Crippen LogP contribution in [0, 0.1) is 5.41 Å². The van der Waals surface area contributed by atoms with Crippen molar-refractivity contribution in [3.8, 4) is 5.88 Å². The van der Waals surface area contributed by atoms with E-state index in [-0.39, 0.29) is 0 Å². The van der Waals surface area contributed by atoms with Crippen LogP contribution in [-0.2, 0) is 4.79 Å². The van der Waals surface area contributed by atoms with Crippen molar-refractivity contribution in [2.24, 2.45) is 5.41 Å². The van der Waals surface area contributed by atoms with Gasteiger partial charge in [0.05, 0.1) is 12.0 Å². The summed E-state index contributed by atoms with van der Waals surface area (Å²) in [6, 6.07) is 1.76. The second kappa shape index (κ2) is 5.42. The van der Waals surface area contributed by atoms with Crippen LogP contribution in [-0.4, -0.2) is 40.7 Å². The Hall–Kier alpha value is -1.85. The summed E-state index contributed by atoms with van der Waals surface area (Å²) in [4.78, 5) is 21.6. The summed E-state index contributed by atoms with van der Waals surface area (Å²) in [5, 5.41) is 9.32. The molecular formula is C13H19N3O3.